The van der Waals surface area contributed by atoms with Crippen LogP contribution >= 0.6 is 0 Å². The van der Waals surface area contributed by atoms with Crippen molar-refractivity contribution in [3.05, 3.63) is 21.6 Å². The van der Waals surface area contributed by atoms with Gasteiger partial charge >= 0.3 is 0 Å². The highest BCUT2D eigenvalue weighted by Gasteiger charge is 2.22. The van der Waals surface area contributed by atoms with Crippen molar-refractivity contribution in [2.75, 3.05) is 6.54 Å². The summed E-state index contributed by atoms with van der Waals surface area (Å²) in [4.78, 5) is 2.73. The molecule has 0 heterocycles. The normalized spacial score (nSPS) is 21.2. The van der Waals surface area contributed by atoms with Crippen molar-refractivity contribution in [1.82, 2.24) is 0 Å². The van der Waals surface area contributed by atoms with Gasteiger partial charge in [0.05, 0.1) is 0 Å². The summed E-state index contributed by atoms with van der Waals surface area (Å²) in [6, 6.07) is 0. The number of rotatable bonds is 3. The van der Waals surface area contributed by atoms with Gasteiger partial charge in [-0.05, 0) is 44.6 Å². The van der Waals surface area contributed by atoms with Gasteiger partial charge in [-0.3, -0.25) is 0 Å². The van der Waals surface area contributed by atoms with Gasteiger partial charge in [0.2, 0.25) is 0 Å². The minimum atomic E-state index is 0.664. The van der Waals surface area contributed by atoms with E-state index in [-0.39, 0.29) is 0 Å². The molecule has 0 unspecified atom stereocenters. The van der Waals surface area contributed by atoms with E-state index in [4.69, 9.17) is 5.53 Å². The lowest BCUT2D eigenvalue weighted by Crippen LogP contribution is -2.16. The van der Waals surface area contributed by atoms with Gasteiger partial charge in [0.1, 0.15) is 0 Å². The van der Waals surface area contributed by atoms with Gasteiger partial charge in [0.15, 0.2) is 0 Å². The van der Waals surface area contributed by atoms with Crippen LogP contribution in [-0.4, -0.2) is 6.54 Å². The molecule has 0 bridgehead atoms. The van der Waals surface area contributed by atoms with Crippen LogP contribution in [-0.2, 0) is 0 Å². The number of azide groups is 1. The molecule has 0 aromatic heterocycles. The fraction of sp³-hybridized carbons (Fsp3) is 0.778. The number of nitrogens with zero attached hydrogens (tertiary/aromatic N) is 3. The summed E-state index contributed by atoms with van der Waals surface area (Å²) < 4.78 is 0. The summed E-state index contributed by atoms with van der Waals surface area (Å²) in [5.74, 6) is 0.778. The van der Waals surface area contributed by atoms with Gasteiger partial charge in [0.25, 0.3) is 0 Å². The second-order valence-corrected chi connectivity index (χ2v) is 3.62. The zero-order valence-corrected chi connectivity index (χ0v) is 7.75. The third-order valence-electron chi connectivity index (χ3n) is 2.48. The van der Waals surface area contributed by atoms with Crippen LogP contribution < -0.4 is 0 Å². The maximum absolute atomic E-state index is 8.06. The van der Waals surface area contributed by atoms with Crippen LogP contribution in [0.1, 0.15) is 33.1 Å². The van der Waals surface area contributed by atoms with Crippen molar-refractivity contribution in [2.24, 2.45) is 11.0 Å². The predicted octanol–water partition coefficient (Wildman–Crippen LogP) is 3.43. The first-order valence-electron chi connectivity index (χ1n) is 4.40. The summed E-state index contributed by atoms with van der Waals surface area (Å²) >= 11 is 0. The molecule has 0 aromatic rings. The molecule has 1 fully saturated rings. The van der Waals surface area contributed by atoms with E-state index in [9.17, 15) is 0 Å². The minimum Gasteiger partial charge on any atom is -0.0940 e. The third kappa shape index (κ3) is 2.28. The van der Waals surface area contributed by atoms with Crippen LogP contribution in [0.2, 0.25) is 0 Å². The average molecular weight is 165 g/mol. The van der Waals surface area contributed by atoms with E-state index >= 15 is 0 Å². The number of hydrogen-bond acceptors (Lipinski definition) is 1. The molecule has 0 aliphatic heterocycles. The van der Waals surface area contributed by atoms with Gasteiger partial charge in [0, 0.05) is 11.5 Å². The van der Waals surface area contributed by atoms with Crippen molar-refractivity contribution in [3.63, 3.8) is 0 Å². The van der Waals surface area contributed by atoms with E-state index in [1.807, 2.05) is 0 Å². The Morgan fingerprint density at radius 2 is 2.25 bits per heavy atom. The van der Waals surface area contributed by atoms with Crippen molar-refractivity contribution >= 4 is 0 Å². The highest BCUT2D eigenvalue weighted by molar-refractivity contribution is 5.18. The maximum atomic E-state index is 8.06. The number of hydrogen-bond donors (Lipinski definition) is 0. The molecule has 0 saturated heterocycles. The van der Waals surface area contributed by atoms with Gasteiger partial charge in [-0.15, -0.1) is 0 Å². The fourth-order valence-electron chi connectivity index (χ4n) is 1.53. The molecule has 1 saturated carbocycles. The molecule has 66 valence electrons. The van der Waals surface area contributed by atoms with Crippen LogP contribution in [0, 0.1) is 5.92 Å². The fourth-order valence-corrected chi connectivity index (χ4v) is 1.53. The Bertz CT molecular complexity index is 224. The molecular formula is C9H15N3. The molecule has 0 spiro atoms. The summed E-state index contributed by atoms with van der Waals surface area (Å²) in [6.07, 6.45) is 3.51. The summed E-state index contributed by atoms with van der Waals surface area (Å²) in [7, 11) is 0. The van der Waals surface area contributed by atoms with Crippen molar-refractivity contribution in [1.29, 1.82) is 0 Å². The van der Waals surface area contributed by atoms with E-state index in [0.717, 1.165) is 12.3 Å². The Balaban J connectivity index is 2.18. The number of allylic oxidation sites excluding steroid dienone is 2. The molecule has 0 radical (unpaired) electrons. The molecule has 0 aromatic carbocycles. The Hall–Kier alpha value is -0.950. The monoisotopic (exact) mass is 165 g/mol. The Morgan fingerprint density at radius 1 is 1.58 bits per heavy atom. The van der Waals surface area contributed by atoms with Crippen LogP contribution in [0.5, 0.6) is 0 Å². The third-order valence-corrected chi connectivity index (χ3v) is 2.48. The molecule has 0 amide bonds. The largest absolute Gasteiger partial charge is 0.0940 e. The van der Waals surface area contributed by atoms with Gasteiger partial charge in [-0.25, -0.2) is 0 Å². The molecule has 12 heavy (non-hydrogen) atoms. The molecule has 3 heteroatoms. The lowest BCUT2D eigenvalue weighted by Gasteiger charge is -2.30. The first-order chi connectivity index (χ1) is 5.74. The zero-order chi connectivity index (χ0) is 8.97. The molecule has 3 nitrogen and oxygen atoms in total. The molecule has 1 aliphatic rings. The Labute approximate surface area is 73.1 Å². The lowest BCUT2D eigenvalue weighted by atomic mass is 9.76. The van der Waals surface area contributed by atoms with Gasteiger partial charge < -0.3 is 0 Å². The van der Waals surface area contributed by atoms with E-state index in [2.05, 4.69) is 23.9 Å². The van der Waals surface area contributed by atoms with E-state index < -0.39 is 0 Å². The summed E-state index contributed by atoms with van der Waals surface area (Å²) in [6.45, 7) is 5.00. The summed E-state index contributed by atoms with van der Waals surface area (Å²) in [5.41, 5.74) is 11.1. The standard InChI is InChI=1S/C9H15N3/c1-7(2)9-5-8(6-9)3-4-11-12-10/h8H,3-6H2,1-2H3. The van der Waals surface area contributed by atoms with Gasteiger partial charge in [-0.1, -0.05) is 16.3 Å². The second-order valence-electron chi connectivity index (χ2n) is 3.62. The lowest BCUT2D eigenvalue weighted by molar-refractivity contribution is 0.390. The summed E-state index contributed by atoms with van der Waals surface area (Å²) in [5, 5.41) is 3.53. The SMILES string of the molecule is CC(C)=C1CC(CCN=[N+]=[N-])C1. The highest BCUT2D eigenvalue weighted by atomic mass is 15.1. The van der Waals surface area contributed by atoms with E-state index in [1.165, 1.54) is 18.4 Å². The first-order valence-corrected chi connectivity index (χ1v) is 4.40. The Kier molecular flexibility index (Phi) is 3.18. The topological polar surface area (TPSA) is 48.8 Å². The van der Waals surface area contributed by atoms with E-state index in [1.54, 1.807) is 5.57 Å². The zero-order valence-electron chi connectivity index (χ0n) is 7.75. The first kappa shape index (κ1) is 9.14. The Morgan fingerprint density at radius 3 is 2.75 bits per heavy atom. The van der Waals surface area contributed by atoms with Crippen molar-refractivity contribution in [3.8, 4) is 0 Å². The predicted molar refractivity (Wildman–Crippen MR) is 49.7 cm³/mol. The smallest absolute Gasteiger partial charge is 0.0260 e. The van der Waals surface area contributed by atoms with Crippen LogP contribution in [0.25, 0.3) is 10.4 Å². The quantitative estimate of drug-likeness (QED) is 0.266. The van der Waals surface area contributed by atoms with E-state index in [0.29, 0.717) is 6.54 Å². The average Bonchev–Trinajstić information content (AvgIpc) is 1.93. The van der Waals surface area contributed by atoms with Gasteiger partial charge in [-0.2, -0.15) is 0 Å². The van der Waals surface area contributed by atoms with Crippen molar-refractivity contribution in [2.45, 2.75) is 33.1 Å². The maximum Gasteiger partial charge on any atom is 0.0260 e. The van der Waals surface area contributed by atoms with Crippen LogP contribution in [0.3, 0.4) is 0 Å². The van der Waals surface area contributed by atoms with Crippen LogP contribution in [0.4, 0.5) is 0 Å². The molecule has 0 atom stereocenters. The molecule has 1 rings (SSSR count). The second kappa shape index (κ2) is 4.17. The minimum absolute atomic E-state index is 0.664. The molecule has 1 aliphatic carbocycles. The van der Waals surface area contributed by atoms with Crippen molar-refractivity contribution < 1.29 is 0 Å². The molecular weight excluding hydrogens is 150 g/mol. The highest BCUT2D eigenvalue weighted by Crippen LogP contribution is 2.37. The van der Waals surface area contributed by atoms with Crippen LogP contribution in [0.15, 0.2) is 16.3 Å². The molecule has 0 N–H and O–H groups in total.